The predicted octanol–water partition coefficient (Wildman–Crippen LogP) is 4.66. The van der Waals surface area contributed by atoms with Gasteiger partial charge in [-0.25, -0.2) is 4.39 Å². The van der Waals surface area contributed by atoms with Gasteiger partial charge >= 0.3 is 5.97 Å². The van der Waals surface area contributed by atoms with E-state index < -0.39 is 12.2 Å². The standard InChI is InChI=1S/C22H27FO3/c1-21(2)13-18(14-5-7-15(23)8-6-14)19(22(21,3)4)10-9-17-11-16(24)12-20(25)26-17/h5-10,16-17,24H,11-13H2,1-4H3. The summed E-state index contributed by atoms with van der Waals surface area (Å²) in [4.78, 5) is 11.6. The topological polar surface area (TPSA) is 46.5 Å². The van der Waals surface area contributed by atoms with Crippen LogP contribution in [-0.2, 0) is 9.53 Å². The molecule has 1 aromatic carbocycles. The molecule has 1 heterocycles. The highest BCUT2D eigenvalue weighted by Crippen LogP contribution is 2.58. The maximum atomic E-state index is 13.3. The summed E-state index contributed by atoms with van der Waals surface area (Å²) in [6, 6.07) is 6.61. The molecule has 1 aromatic rings. The van der Waals surface area contributed by atoms with Gasteiger partial charge in [-0.2, -0.15) is 0 Å². The normalized spacial score (nSPS) is 27.8. The van der Waals surface area contributed by atoms with Gasteiger partial charge in [0.25, 0.3) is 0 Å². The smallest absolute Gasteiger partial charge is 0.309 e. The number of allylic oxidation sites excluding steroid dienone is 3. The minimum absolute atomic E-state index is 0.0408. The number of hydrogen-bond donors (Lipinski definition) is 1. The number of aliphatic hydroxyl groups is 1. The number of rotatable bonds is 3. The lowest BCUT2D eigenvalue weighted by Crippen LogP contribution is -2.31. The summed E-state index contributed by atoms with van der Waals surface area (Å²) in [5.41, 5.74) is 3.33. The lowest BCUT2D eigenvalue weighted by atomic mass is 9.67. The Balaban J connectivity index is 1.97. The Hall–Kier alpha value is -1.94. The second kappa shape index (κ2) is 6.66. The highest BCUT2D eigenvalue weighted by atomic mass is 19.1. The second-order valence-corrected chi connectivity index (χ2v) is 8.57. The van der Waals surface area contributed by atoms with Crippen molar-refractivity contribution in [2.24, 2.45) is 10.8 Å². The van der Waals surface area contributed by atoms with Gasteiger partial charge in [0.15, 0.2) is 0 Å². The van der Waals surface area contributed by atoms with Crippen LogP contribution in [-0.4, -0.2) is 23.3 Å². The van der Waals surface area contributed by atoms with E-state index in [4.69, 9.17) is 4.74 Å². The van der Waals surface area contributed by atoms with E-state index in [-0.39, 0.29) is 29.0 Å². The van der Waals surface area contributed by atoms with Gasteiger partial charge in [0.2, 0.25) is 0 Å². The van der Waals surface area contributed by atoms with Crippen molar-refractivity contribution in [3.8, 4) is 0 Å². The number of hydrogen-bond acceptors (Lipinski definition) is 3. The van der Waals surface area contributed by atoms with Crippen molar-refractivity contribution in [3.05, 3.63) is 53.4 Å². The van der Waals surface area contributed by atoms with E-state index in [0.717, 1.165) is 12.0 Å². The molecule has 0 amide bonds. The Labute approximate surface area is 154 Å². The van der Waals surface area contributed by atoms with Crippen molar-refractivity contribution in [2.45, 2.75) is 59.2 Å². The van der Waals surface area contributed by atoms with Gasteiger partial charge in [-0.05, 0) is 52.2 Å². The number of halogens is 1. The van der Waals surface area contributed by atoms with Gasteiger partial charge in [-0.1, -0.05) is 45.9 Å². The molecule has 1 aliphatic carbocycles. The predicted molar refractivity (Wildman–Crippen MR) is 99.8 cm³/mol. The molecule has 0 saturated carbocycles. The first kappa shape index (κ1) is 18.8. The molecule has 140 valence electrons. The second-order valence-electron chi connectivity index (χ2n) is 8.57. The van der Waals surface area contributed by atoms with Gasteiger partial charge in [-0.3, -0.25) is 4.79 Å². The Morgan fingerprint density at radius 3 is 2.46 bits per heavy atom. The van der Waals surface area contributed by atoms with Crippen LogP contribution in [0.4, 0.5) is 4.39 Å². The fraction of sp³-hybridized carbons (Fsp3) is 0.500. The minimum Gasteiger partial charge on any atom is -0.458 e. The van der Waals surface area contributed by atoms with Crippen LogP contribution in [0.3, 0.4) is 0 Å². The molecule has 4 heteroatoms. The molecule has 2 atom stereocenters. The first-order valence-electron chi connectivity index (χ1n) is 9.15. The molecule has 26 heavy (non-hydrogen) atoms. The molecule has 2 unspecified atom stereocenters. The van der Waals surface area contributed by atoms with Crippen molar-refractivity contribution in [3.63, 3.8) is 0 Å². The number of cyclic esters (lactones) is 1. The molecule has 0 aromatic heterocycles. The van der Waals surface area contributed by atoms with Crippen LogP contribution in [0.25, 0.3) is 5.57 Å². The zero-order chi connectivity index (χ0) is 19.1. The highest BCUT2D eigenvalue weighted by Gasteiger charge is 2.46. The van der Waals surface area contributed by atoms with Crippen LogP contribution in [0.5, 0.6) is 0 Å². The number of carbonyl (C=O) groups is 1. The van der Waals surface area contributed by atoms with Crippen LogP contribution >= 0.6 is 0 Å². The summed E-state index contributed by atoms with van der Waals surface area (Å²) >= 11 is 0. The Morgan fingerprint density at radius 1 is 1.19 bits per heavy atom. The van der Waals surface area contributed by atoms with E-state index in [1.54, 1.807) is 0 Å². The Bertz CT molecular complexity index is 756. The highest BCUT2D eigenvalue weighted by molar-refractivity contribution is 5.76. The molecular formula is C22H27FO3. The van der Waals surface area contributed by atoms with Crippen molar-refractivity contribution in [1.82, 2.24) is 0 Å². The lowest BCUT2D eigenvalue weighted by Gasteiger charge is -2.37. The maximum absolute atomic E-state index is 13.3. The molecule has 1 fully saturated rings. The number of ether oxygens (including phenoxy) is 1. The van der Waals surface area contributed by atoms with Crippen molar-refractivity contribution in [1.29, 1.82) is 0 Å². The molecule has 0 bridgehead atoms. The fourth-order valence-electron chi connectivity index (χ4n) is 3.85. The molecule has 0 radical (unpaired) electrons. The fourth-order valence-corrected chi connectivity index (χ4v) is 3.85. The number of esters is 1. The quantitative estimate of drug-likeness (QED) is 0.800. The summed E-state index contributed by atoms with van der Waals surface area (Å²) < 4.78 is 18.7. The monoisotopic (exact) mass is 358 g/mol. The summed E-state index contributed by atoms with van der Waals surface area (Å²) in [7, 11) is 0. The molecule has 3 nitrogen and oxygen atoms in total. The number of benzene rings is 1. The minimum atomic E-state index is -0.649. The summed E-state index contributed by atoms with van der Waals surface area (Å²) in [5.74, 6) is -0.608. The van der Waals surface area contributed by atoms with Crippen molar-refractivity contribution < 1.29 is 19.0 Å². The average Bonchev–Trinajstić information content (AvgIpc) is 2.71. The van der Waals surface area contributed by atoms with Gasteiger partial charge in [0.05, 0.1) is 12.5 Å². The first-order valence-corrected chi connectivity index (χ1v) is 9.15. The van der Waals surface area contributed by atoms with E-state index in [2.05, 4.69) is 27.7 Å². The molecule has 1 N–H and O–H groups in total. The molecular weight excluding hydrogens is 331 g/mol. The lowest BCUT2D eigenvalue weighted by molar-refractivity contribution is -0.156. The summed E-state index contributed by atoms with van der Waals surface area (Å²) in [6.07, 6.45) is 4.22. The van der Waals surface area contributed by atoms with Gasteiger partial charge < -0.3 is 9.84 Å². The van der Waals surface area contributed by atoms with Crippen LogP contribution in [0, 0.1) is 16.6 Å². The maximum Gasteiger partial charge on any atom is 0.309 e. The molecule has 2 aliphatic rings. The third kappa shape index (κ3) is 3.48. The summed E-state index contributed by atoms with van der Waals surface area (Å²) in [5, 5.41) is 9.80. The van der Waals surface area contributed by atoms with Crippen molar-refractivity contribution in [2.75, 3.05) is 0 Å². The van der Waals surface area contributed by atoms with E-state index in [1.807, 2.05) is 24.3 Å². The van der Waals surface area contributed by atoms with Crippen molar-refractivity contribution >= 4 is 11.5 Å². The van der Waals surface area contributed by atoms with Crippen LogP contribution in [0.15, 0.2) is 42.0 Å². The molecule has 3 rings (SSSR count). The third-order valence-electron chi connectivity index (χ3n) is 6.17. The Kier molecular flexibility index (Phi) is 4.82. The Morgan fingerprint density at radius 2 is 1.85 bits per heavy atom. The van der Waals surface area contributed by atoms with Crippen LogP contribution < -0.4 is 0 Å². The first-order chi connectivity index (χ1) is 12.1. The van der Waals surface area contributed by atoms with Gasteiger partial charge in [-0.15, -0.1) is 0 Å². The zero-order valence-electron chi connectivity index (χ0n) is 15.9. The zero-order valence-corrected chi connectivity index (χ0v) is 15.9. The van der Waals surface area contributed by atoms with E-state index in [1.165, 1.54) is 23.3 Å². The van der Waals surface area contributed by atoms with Crippen LogP contribution in [0.2, 0.25) is 0 Å². The molecule has 0 spiro atoms. The van der Waals surface area contributed by atoms with E-state index in [0.29, 0.717) is 6.42 Å². The summed E-state index contributed by atoms with van der Waals surface area (Å²) in [6.45, 7) is 8.90. The van der Waals surface area contributed by atoms with Gasteiger partial charge in [0.1, 0.15) is 11.9 Å². The molecule has 1 aliphatic heterocycles. The van der Waals surface area contributed by atoms with E-state index in [9.17, 15) is 14.3 Å². The SMILES string of the molecule is CC1(C)CC(c2ccc(F)cc2)=C(C=CC2CC(O)CC(=O)O2)C1(C)C. The largest absolute Gasteiger partial charge is 0.458 e. The van der Waals surface area contributed by atoms with E-state index >= 15 is 0 Å². The van der Waals surface area contributed by atoms with Crippen LogP contribution in [0.1, 0.15) is 52.5 Å². The molecule has 1 saturated heterocycles. The average molecular weight is 358 g/mol. The number of carbonyl (C=O) groups excluding carboxylic acids is 1. The third-order valence-corrected chi connectivity index (χ3v) is 6.17. The van der Waals surface area contributed by atoms with Gasteiger partial charge in [0, 0.05) is 6.42 Å². The number of aliphatic hydroxyl groups excluding tert-OH is 1.